The van der Waals surface area contributed by atoms with Crippen LogP contribution in [-0.2, 0) is 13.6 Å². The third-order valence-electron chi connectivity index (χ3n) is 2.61. The molecule has 0 aliphatic heterocycles. The van der Waals surface area contributed by atoms with Crippen LogP contribution < -0.4 is 11.1 Å². The maximum absolute atomic E-state index is 11.9. The van der Waals surface area contributed by atoms with Crippen LogP contribution in [0, 0.1) is 0 Å². The SMILES string of the molecule is Cn1cc(CNC(=O)c2ccc(C(N)=NO)cn2)cn1. The van der Waals surface area contributed by atoms with E-state index in [1.54, 1.807) is 24.0 Å². The van der Waals surface area contributed by atoms with Crippen molar-refractivity contribution in [3.05, 3.63) is 47.5 Å². The van der Waals surface area contributed by atoms with Crippen molar-refractivity contribution in [2.75, 3.05) is 0 Å². The molecule has 0 saturated heterocycles. The van der Waals surface area contributed by atoms with Gasteiger partial charge in [0.05, 0.1) is 6.20 Å². The van der Waals surface area contributed by atoms with E-state index >= 15 is 0 Å². The van der Waals surface area contributed by atoms with E-state index in [-0.39, 0.29) is 17.4 Å². The number of oxime groups is 1. The van der Waals surface area contributed by atoms with Gasteiger partial charge in [-0.05, 0) is 12.1 Å². The highest BCUT2D eigenvalue weighted by molar-refractivity contribution is 5.98. The Hall–Kier alpha value is -2.90. The van der Waals surface area contributed by atoms with Gasteiger partial charge in [-0.25, -0.2) is 0 Å². The second kappa shape index (κ2) is 5.83. The second-order valence-electron chi connectivity index (χ2n) is 4.12. The molecule has 0 unspecified atom stereocenters. The molecule has 0 radical (unpaired) electrons. The number of carbonyl (C=O) groups is 1. The van der Waals surface area contributed by atoms with Crippen molar-refractivity contribution in [3.63, 3.8) is 0 Å². The highest BCUT2D eigenvalue weighted by Gasteiger charge is 2.08. The Morgan fingerprint density at radius 3 is 2.85 bits per heavy atom. The summed E-state index contributed by atoms with van der Waals surface area (Å²) in [6.07, 6.45) is 4.86. The first-order valence-corrected chi connectivity index (χ1v) is 5.80. The zero-order valence-corrected chi connectivity index (χ0v) is 10.8. The molecule has 2 aromatic rings. The van der Waals surface area contributed by atoms with Gasteiger partial charge in [0.15, 0.2) is 5.84 Å². The second-order valence-corrected chi connectivity index (χ2v) is 4.12. The molecule has 104 valence electrons. The molecular weight excluding hydrogens is 260 g/mol. The van der Waals surface area contributed by atoms with Crippen LogP contribution >= 0.6 is 0 Å². The molecule has 0 atom stereocenters. The minimum Gasteiger partial charge on any atom is -0.409 e. The van der Waals surface area contributed by atoms with E-state index in [2.05, 4.69) is 20.6 Å². The van der Waals surface area contributed by atoms with E-state index in [4.69, 9.17) is 10.9 Å². The molecule has 2 heterocycles. The Morgan fingerprint density at radius 2 is 2.30 bits per heavy atom. The lowest BCUT2D eigenvalue weighted by Crippen LogP contribution is -2.24. The van der Waals surface area contributed by atoms with Crippen LogP contribution in [-0.4, -0.2) is 31.7 Å². The molecule has 0 aliphatic rings. The Morgan fingerprint density at radius 1 is 1.50 bits per heavy atom. The number of rotatable bonds is 4. The van der Waals surface area contributed by atoms with Crippen LogP contribution in [0.3, 0.4) is 0 Å². The molecule has 4 N–H and O–H groups in total. The van der Waals surface area contributed by atoms with Gasteiger partial charge >= 0.3 is 0 Å². The van der Waals surface area contributed by atoms with E-state index in [9.17, 15) is 4.79 Å². The van der Waals surface area contributed by atoms with Gasteiger partial charge in [-0.3, -0.25) is 14.5 Å². The highest BCUT2D eigenvalue weighted by atomic mass is 16.4. The number of nitrogens with zero attached hydrogens (tertiary/aromatic N) is 4. The summed E-state index contributed by atoms with van der Waals surface area (Å²) in [6.45, 7) is 0.371. The lowest BCUT2D eigenvalue weighted by Gasteiger charge is -2.04. The average molecular weight is 274 g/mol. The summed E-state index contributed by atoms with van der Waals surface area (Å²) in [5.74, 6) is -0.361. The van der Waals surface area contributed by atoms with E-state index in [0.29, 0.717) is 12.1 Å². The molecule has 0 bridgehead atoms. The number of hydrogen-bond donors (Lipinski definition) is 3. The quantitative estimate of drug-likeness (QED) is 0.310. The van der Waals surface area contributed by atoms with Gasteiger partial charge in [0.25, 0.3) is 5.91 Å². The summed E-state index contributed by atoms with van der Waals surface area (Å²) in [5.41, 5.74) is 7.00. The molecule has 1 amide bonds. The van der Waals surface area contributed by atoms with Gasteiger partial charge in [-0.1, -0.05) is 5.16 Å². The zero-order valence-electron chi connectivity index (χ0n) is 10.8. The van der Waals surface area contributed by atoms with Crippen LogP contribution in [0.25, 0.3) is 0 Å². The minimum absolute atomic E-state index is 0.0557. The van der Waals surface area contributed by atoms with Gasteiger partial charge < -0.3 is 16.3 Å². The van der Waals surface area contributed by atoms with Crippen molar-refractivity contribution in [2.45, 2.75) is 6.54 Å². The molecule has 0 fully saturated rings. The highest BCUT2D eigenvalue weighted by Crippen LogP contribution is 2.01. The lowest BCUT2D eigenvalue weighted by atomic mass is 10.2. The number of nitrogens with two attached hydrogens (primary N) is 1. The van der Waals surface area contributed by atoms with Crippen LogP contribution in [0.2, 0.25) is 0 Å². The zero-order chi connectivity index (χ0) is 14.5. The Kier molecular flexibility index (Phi) is 3.94. The molecule has 0 saturated carbocycles. The fourth-order valence-electron chi connectivity index (χ4n) is 1.57. The maximum Gasteiger partial charge on any atom is 0.270 e. The van der Waals surface area contributed by atoms with E-state index in [1.807, 2.05) is 6.20 Å². The molecule has 2 rings (SSSR count). The number of pyridine rings is 1. The third kappa shape index (κ3) is 3.10. The topological polar surface area (TPSA) is 118 Å². The number of aromatic nitrogens is 3. The first-order valence-electron chi connectivity index (χ1n) is 5.80. The lowest BCUT2D eigenvalue weighted by molar-refractivity contribution is 0.0946. The van der Waals surface area contributed by atoms with Gasteiger partial charge in [0, 0.05) is 37.1 Å². The van der Waals surface area contributed by atoms with Gasteiger partial charge in [-0.2, -0.15) is 5.10 Å². The van der Waals surface area contributed by atoms with Gasteiger partial charge in [0.2, 0.25) is 0 Å². The fourth-order valence-corrected chi connectivity index (χ4v) is 1.57. The Bertz CT molecular complexity index is 632. The van der Waals surface area contributed by atoms with Gasteiger partial charge in [-0.15, -0.1) is 0 Å². The van der Waals surface area contributed by atoms with Crippen molar-refractivity contribution in [2.24, 2.45) is 17.9 Å². The summed E-state index contributed by atoms with van der Waals surface area (Å²) in [4.78, 5) is 15.8. The Balaban J connectivity index is 1.99. The number of hydrogen-bond acceptors (Lipinski definition) is 5. The van der Waals surface area contributed by atoms with Gasteiger partial charge in [0.1, 0.15) is 5.69 Å². The number of aryl methyl sites for hydroxylation is 1. The summed E-state index contributed by atoms with van der Waals surface area (Å²) < 4.78 is 1.66. The molecular formula is C12H14N6O2. The van der Waals surface area contributed by atoms with E-state index in [0.717, 1.165) is 5.56 Å². The van der Waals surface area contributed by atoms with Crippen molar-refractivity contribution in [3.8, 4) is 0 Å². The smallest absolute Gasteiger partial charge is 0.270 e. The summed E-state index contributed by atoms with van der Waals surface area (Å²) in [6, 6.07) is 3.06. The summed E-state index contributed by atoms with van der Waals surface area (Å²) in [5, 5.41) is 18.1. The predicted molar refractivity (Wildman–Crippen MR) is 71.1 cm³/mol. The Labute approximate surface area is 114 Å². The molecule has 20 heavy (non-hydrogen) atoms. The van der Waals surface area contributed by atoms with E-state index < -0.39 is 0 Å². The minimum atomic E-state index is -0.306. The van der Waals surface area contributed by atoms with Crippen molar-refractivity contribution in [1.29, 1.82) is 0 Å². The molecule has 8 heteroatoms. The van der Waals surface area contributed by atoms with E-state index in [1.165, 1.54) is 12.3 Å². The van der Waals surface area contributed by atoms with Crippen LogP contribution in [0.15, 0.2) is 35.9 Å². The first kappa shape index (κ1) is 13.5. The number of amidine groups is 1. The molecule has 0 aliphatic carbocycles. The fraction of sp³-hybridized carbons (Fsp3) is 0.167. The average Bonchev–Trinajstić information content (AvgIpc) is 2.89. The molecule has 0 aromatic carbocycles. The number of nitrogens with one attached hydrogen (secondary N) is 1. The largest absolute Gasteiger partial charge is 0.409 e. The van der Waals surface area contributed by atoms with Crippen molar-refractivity contribution < 1.29 is 10.0 Å². The maximum atomic E-state index is 11.9. The molecule has 0 spiro atoms. The normalized spacial score (nSPS) is 11.3. The van der Waals surface area contributed by atoms with Crippen LogP contribution in [0.4, 0.5) is 0 Å². The molecule has 2 aromatic heterocycles. The number of carbonyl (C=O) groups excluding carboxylic acids is 1. The van der Waals surface area contributed by atoms with Crippen LogP contribution in [0.1, 0.15) is 21.6 Å². The number of amides is 1. The first-order chi connectivity index (χ1) is 9.60. The predicted octanol–water partition coefficient (Wildman–Crippen LogP) is -0.160. The summed E-state index contributed by atoms with van der Waals surface area (Å²) >= 11 is 0. The summed E-state index contributed by atoms with van der Waals surface area (Å²) in [7, 11) is 1.80. The third-order valence-corrected chi connectivity index (χ3v) is 2.61. The molecule has 8 nitrogen and oxygen atoms in total. The standard InChI is InChI=1S/C12H14N6O2/c1-18-7-8(5-16-18)4-15-12(19)10-3-2-9(6-14-10)11(13)17-20/h2-3,5-7,20H,4H2,1H3,(H2,13,17)(H,15,19). The van der Waals surface area contributed by atoms with Crippen LogP contribution in [0.5, 0.6) is 0 Å². The van der Waals surface area contributed by atoms with Crippen molar-refractivity contribution in [1.82, 2.24) is 20.1 Å². The monoisotopic (exact) mass is 274 g/mol. The van der Waals surface area contributed by atoms with Crippen molar-refractivity contribution >= 4 is 11.7 Å².